The van der Waals surface area contributed by atoms with Gasteiger partial charge in [-0.15, -0.1) is 0 Å². The van der Waals surface area contributed by atoms with Crippen molar-refractivity contribution in [2.75, 3.05) is 25.0 Å². The normalized spacial score (nSPS) is 21.3. The minimum Gasteiger partial charge on any atom is -0.435 e. The third kappa shape index (κ3) is 4.84. The number of nitrogens with zero attached hydrogens (tertiary/aromatic N) is 1. The van der Waals surface area contributed by atoms with Crippen molar-refractivity contribution in [3.8, 4) is 5.75 Å². The number of ether oxygens (including phenoxy) is 1. The van der Waals surface area contributed by atoms with Crippen LogP contribution in [0.15, 0.2) is 24.3 Å². The van der Waals surface area contributed by atoms with E-state index in [1.165, 1.54) is 19.4 Å². The molecule has 1 fully saturated rings. The van der Waals surface area contributed by atoms with Crippen molar-refractivity contribution in [3.63, 3.8) is 0 Å². The van der Waals surface area contributed by atoms with Gasteiger partial charge in [-0.2, -0.15) is 8.78 Å². The second-order valence-electron chi connectivity index (χ2n) is 5.63. The van der Waals surface area contributed by atoms with Gasteiger partial charge in [0.25, 0.3) is 0 Å². The van der Waals surface area contributed by atoms with Crippen LogP contribution >= 0.6 is 0 Å². The molecule has 0 aliphatic carbocycles. The van der Waals surface area contributed by atoms with Crippen molar-refractivity contribution in [1.82, 2.24) is 4.90 Å². The molecule has 3 nitrogen and oxygen atoms in total. The first-order valence-electron chi connectivity index (χ1n) is 7.62. The summed E-state index contributed by atoms with van der Waals surface area (Å²) in [6, 6.07) is 7.07. The lowest BCUT2D eigenvalue weighted by Gasteiger charge is -2.35. The van der Waals surface area contributed by atoms with Gasteiger partial charge in [0, 0.05) is 18.3 Å². The Kier molecular flexibility index (Phi) is 5.79. The molecule has 0 saturated carbocycles. The highest BCUT2D eigenvalue weighted by Gasteiger charge is 2.23. The summed E-state index contributed by atoms with van der Waals surface area (Å²) in [4.78, 5) is 2.48. The Morgan fingerprint density at radius 2 is 2.05 bits per heavy atom. The van der Waals surface area contributed by atoms with Gasteiger partial charge in [0.1, 0.15) is 5.75 Å². The maximum absolute atomic E-state index is 12.1. The second-order valence-corrected chi connectivity index (χ2v) is 5.63. The zero-order valence-electron chi connectivity index (χ0n) is 12.7. The van der Waals surface area contributed by atoms with Crippen LogP contribution in [-0.4, -0.2) is 37.2 Å². The minimum absolute atomic E-state index is 0.193. The van der Waals surface area contributed by atoms with Gasteiger partial charge < -0.3 is 15.0 Å². The Hall–Kier alpha value is -1.36. The van der Waals surface area contributed by atoms with E-state index >= 15 is 0 Å². The highest BCUT2D eigenvalue weighted by molar-refractivity contribution is 5.47. The molecule has 1 aliphatic heterocycles. The topological polar surface area (TPSA) is 24.5 Å². The second kappa shape index (κ2) is 7.59. The zero-order valence-corrected chi connectivity index (χ0v) is 12.7. The van der Waals surface area contributed by atoms with Gasteiger partial charge in [0.15, 0.2) is 0 Å². The lowest BCUT2D eigenvalue weighted by Crippen LogP contribution is -2.41. The Morgan fingerprint density at radius 3 is 2.67 bits per heavy atom. The van der Waals surface area contributed by atoms with E-state index in [-0.39, 0.29) is 5.75 Å². The molecule has 1 aromatic rings. The molecule has 1 aliphatic rings. The van der Waals surface area contributed by atoms with Crippen LogP contribution in [0.5, 0.6) is 5.75 Å². The van der Waals surface area contributed by atoms with E-state index in [0.29, 0.717) is 12.0 Å². The van der Waals surface area contributed by atoms with Crippen LogP contribution in [0.2, 0.25) is 0 Å². The molecule has 1 heterocycles. The number of alkyl halides is 2. The van der Waals surface area contributed by atoms with Crippen molar-refractivity contribution >= 4 is 5.69 Å². The van der Waals surface area contributed by atoms with Crippen LogP contribution < -0.4 is 10.1 Å². The zero-order chi connectivity index (χ0) is 15.2. The van der Waals surface area contributed by atoms with Crippen LogP contribution in [-0.2, 0) is 0 Å². The molecule has 0 spiro atoms. The molecule has 2 rings (SSSR count). The fourth-order valence-corrected chi connectivity index (χ4v) is 2.90. The third-order valence-electron chi connectivity index (χ3n) is 4.17. The maximum Gasteiger partial charge on any atom is 0.387 e. The molecular formula is C16H24F2N2O. The molecule has 2 atom stereocenters. The molecule has 118 valence electrons. The predicted molar refractivity (Wildman–Crippen MR) is 81.0 cm³/mol. The SMILES string of the molecule is CCN1CCCC(C(C)Nc2ccc(OC(F)F)cc2)C1. The average molecular weight is 298 g/mol. The largest absolute Gasteiger partial charge is 0.435 e. The van der Waals surface area contributed by atoms with Crippen molar-refractivity contribution in [2.45, 2.75) is 39.3 Å². The van der Waals surface area contributed by atoms with Crippen LogP contribution in [0.3, 0.4) is 0 Å². The van der Waals surface area contributed by atoms with Gasteiger partial charge in [-0.3, -0.25) is 0 Å². The molecule has 1 aromatic carbocycles. The van der Waals surface area contributed by atoms with Crippen molar-refractivity contribution < 1.29 is 13.5 Å². The van der Waals surface area contributed by atoms with Crippen molar-refractivity contribution in [1.29, 1.82) is 0 Å². The Bertz CT molecular complexity index is 425. The van der Waals surface area contributed by atoms with Gasteiger partial charge in [-0.1, -0.05) is 6.92 Å². The first-order chi connectivity index (χ1) is 10.1. The molecule has 0 bridgehead atoms. The summed E-state index contributed by atoms with van der Waals surface area (Å²) in [5.74, 6) is 0.814. The number of rotatable bonds is 6. The monoisotopic (exact) mass is 298 g/mol. The van der Waals surface area contributed by atoms with E-state index in [2.05, 4.69) is 28.8 Å². The number of halogens is 2. The highest BCUT2D eigenvalue weighted by Crippen LogP contribution is 2.23. The number of nitrogens with one attached hydrogen (secondary N) is 1. The summed E-state index contributed by atoms with van der Waals surface area (Å²) >= 11 is 0. The number of hydrogen-bond donors (Lipinski definition) is 1. The molecule has 2 unspecified atom stereocenters. The smallest absolute Gasteiger partial charge is 0.387 e. The van der Waals surface area contributed by atoms with Gasteiger partial charge in [0.05, 0.1) is 0 Å². The van der Waals surface area contributed by atoms with Crippen LogP contribution in [0.25, 0.3) is 0 Å². The summed E-state index contributed by atoms with van der Waals surface area (Å²) < 4.78 is 28.6. The summed E-state index contributed by atoms with van der Waals surface area (Å²) in [6.07, 6.45) is 2.48. The van der Waals surface area contributed by atoms with Gasteiger partial charge in [-0.05, 0) is 63.0 Å². The van der Waals surface area contributed by atoms with E-state index in [1.54, 1.807) is 24.3 Å². The number of hydrogen-bond acceptors (Lipinski definition) is 3. The summed E-state index contributed by atoms with van der Waals surface area (Å²) in [6.45, 7) is 5.03. The minimum atomic E-state index is -2.77. The van der Waals surface area contributed by atoms with Gasteiger partial charge >= 0.3 is 6.61 Å². The molecule has 1 saturated heterocycles. The lowest BCUT2D eigenvalue weighted by atomic mass is 9.91. The van der Waals surface area contributed by atoms with E-state index < -0.39 is 6.61 Å². The number of likely N-dealkylation sites (tertiary alicyclic amines) is 1. The summed E-state index contributed by atoms with van der Waals surface area (Å²) in [5, 5.41) is 3.47. The van der Waals surface area contributed by atoms with E-state index in [1.807, 2.05) is 0 Å². The molecule has 0 radical (unpaired) electrons. The van der Waals surface area contributed by atoms with Crippen molar-refractivity contribution in [2.24, 2.45) is 5.92 Å². The molecular weight excluding hydrogens is 274 g/mol. The van der Waals surface area contributed by atoms with E-state index in [0.717, 1.165) is 18.8 Å². The Balaban J connectivity index is 1.88. The molecule has 0 aromatic heterocycles. The molecule has 5 heteroatoms. The van der Waals surface area contributed by atoms with E-state index in [4.69, 9.17) is 0 Å². The fourth-order valence-electron chi connectivity index (χ4n) is 2.90. The van der Waals surface area contributed by atoms with Gasteiger partial charge in [0.2, 0.25) is 0 Å². The highest BCUT2D eigenvalue weighted by atomic mass is 19.3. The lowest BCUT2D eigenvalue weighted by molar-refractivity contribution is -0.0498. The third-order valence-corrected chi connectivity index (χ3v) is 4.17. The Morgan fingerprint density at radius 1 is 1.33 bits per heavy atom. The molecule has 1 N–H and O–H groups in total. The van der Waals surface area contributed by atoms with Gasteiger partial charge in [-0.25, -0.2) is 0 Å². The summed E-state index contributed by atoms with van der Waals surface area (Å²) in [7, 11) is 0. The van der Waals surface area contributed by atoms with Crippen LogP contribution in [0, 0.1) is 5.92 Å². The fraction of sp³-hybridized carbons (Fsp3) is 0.625. The van der Waals surface area contributed by atoms with Crippen LogP contribution in [0.4, 0.5) is 14.5 Å². The predicted octanol–water partition coefficient (Wildman–Crippen LogP) is 3.82. The van der Waals surface area contributed by atoms with E-state index in [9.17, 15) is 8.78 Å². The first kappa shape index (κ1) is 16.0. The number of benzene rings is 1. The number of piperidine rings is 1. The molecule has 0 amide bonds. The number of anilines is 1. The van der Waals surface area contributed by atoms with Crippen LogP contribution in [0.1, 0.15) is 26.7 Å². The molecule has 21 heavy (non-hydrogen) atoms. The quantitative estimate of drug-likeness (QED) is 0.864. The van der Waals surface area contributed by atoms with Crippen molar-refractivity contribution in [3.05, 3.63) is 24.3 Å². The maximum atomic E-state index is 12.1. The first-order valence-corrected chi connectivity index (χ1v) is 7.62. The average Bonchev–Trinajstić information content (AvgIpc) is 2.49. The Labute approximate surface area is 125 Å². The summed E-state index contributed by atoms with van der Waals surface area (Å²) in [5.41, 5.74) is 0.942. The standard InChI is InChI=1S/C16H24F2N2O/c1-3-20-10-4-5-13(11-20)12(2)19-14-6-8-15(9-7-14)21-16(17)18/h6-9,12-13,16,19H,3-5,10-11H2,1-2H3.